The molecule has 2 aromatic rings. The Labute approximate surface area is 154 Å². The molecule has 1 N–H and O–H groups in total. The van der Waals surface area contributed by atoms with E-state index >= 15 is 0 Å². The second-order valence-corrected chi connectivity index (χ2v) is 7.68. The molecule has 2 rings (SSSR count). The minimum absolute atomic E-state index is 0.0970. The van der Waals surface area contributed by atoms with E-state index in [-0.39, 0.29) is 15.6 Å². The highest BCUT2D eigenvalue weighted by Gasteiger charge is 2.24. The second-order valence-electron chi connectivity index (χ2n) is 5.23. The first-order chi connectivity index (χ1) is 12.1. The molecule has 0 fully saturated rings. The molecule has 0 aliphatic heterocycles. The van der Waals surface area contributed by atoms with Crippen molar-refractivity contribution < 1.29 is 26.7 Å². The van der Waals surface area contributed by atoms with Gasteiger partial charge in [-0.2, -0.15) is 4.31 Å². The van der Waals surface area contributed by atoms with Gasteiger partial charge in [-0.25, -0.2) is 17.2 Å². The van der Waals surface area contributed by atoms with Gasteiger partial charge in [0.15, 0.2) is 0 Å². The number of hydrogen-bond donors (Lipinski definition) is 1. The lowest BCUT2D eigenvalue weighted by Gasteiger charge is -2.17. The van der Waals surface area contributed by atoms with E-state index in [0.717, 1.165) is 16.4 Å². The molecule has 6 nitrogen and oxygen atoms in total. The number of likely N-dealkylation sites (N-methyl/N-ethyl adjacent to an activating group) is 1. The average Bonchev–Trinajstić information content (AvgIpc) is 2.57. The topological polar surface area (TPSA) is 75.7 Å². The SMILES string of the molecule is COc1ccc(S(=O)(=O)N(C)CC(=O)Nc2ccc(F)cc2F)cc1Cl. The van der Waals surface area contributed by atoms with Gasteiger partial charge >= 0.3 is 0 Å². The molecule has 0 unspecified atom stereocenters. The average molecular weight is 405 g/mol. The summed E-state index contributed by atoms with van der Waals surface area (Å²) in [4.78, 5) is 11.8. The Kier molecular flexibility index (Phi) is 6.17. The summed E-state index contributed by atoms with van der Waals surface area (Å²) in [7, 11) is -1.43. The highest BCUT2D eigenvalue weighted by atomic mass is 35.5. The summed E-state index contributed by atoms with van der Waals surface area (Å²) in [6, 6.07) is 6.49. The molecule has 0 saturated carbocycles. The lowest BCUT2D eigenvalue weighted by molar-refractivity contribution is -0.116. The second kappa shape index (κ2) is 7.98. The van der Waals surface area contributed by atoms with E-state index in [2.05, 4.69) is 5.32 Å². The third kappa shape index (κ3) is 4.48. The van der Waals surface area contributed by atoms with Gasteiger partial charge in [0.1, 0.15) is 17.4 Å². The van der Waals surface area contributed by atoms with Crippen LogP contribution in [0.25, 0.3) is 0 Å². The standard InChI is InChI=1S/C16H15ClF2N2O4S/c1-21(9-16(22)20-14-5-3-10(18)7-13(14)19)26(23,24)11-4-6-15(25-2)12(17)8-11/h3-8H,9H2,1-2H3,(H,20,22). The Hall–Kier alpha value is -2.23. The van der Waals surface area contributed by atoms with Crippen molar-refractivity contribution in [1.29, 1.82) is 0 Å². The van der Waals surface area contributed by atoms with Crippen molar-refractivity contribution in [2.45, 2.75) is 4.90 Å². The molecule has 2 aromatic carbocycles. The Morgan fingerprint density at radius 2 is 1.92 bits per heavy atom. The zero-order chi connectivity index (χ0) is 19.5. The number of benzene rings is 2. The van der Waals surface area contributed by atoms with Crippen molar-refractivity contribution in [2.24, 2.45) is 0 Å². The molecule has 0 bridgehead atoms. The minimum atomic E-state index is -4.01. The number of anilines is 1. The van der Waals surface area contributed by atoms with Crippen LogP contribution < -0.4 is 10.1 Å². The first-order valence-electron chi connectivity index (χ1n) is 7.20. The quantitative estimate of drug-likeness (QED) is 0.803. The number of halogens is 3. The van der Waals surface area contributed by atoms with E-state index in [1.54, 1.807) is 0 Å². The van der Waals surface area contributed by atoms with Crippen molar-refractivity contribution in [3.63, 3.8) is 0 Å². The predicted octanol–water partition coefficient (Wildman–Crippen LogP) is 2.89. The first-order valence-corrected chi connectivity index (χ1v) is 9.01. The lowest BCUT2D eigenvalue weighted by atomic mass is 10.3. The summed E-state index contributed by atoms with van der Waals surface area (Å²) in [6.45, 7) is -0.581. The molecule has 140 valence electrons. The molecule has 0 heterocycles. The van der Waals surface area contributed by atoms with E-state index in [4.69, 9.17) is 16.3 Å². The Morgan fingerprint density at radius 1 is 1.23 bits per heavy atom. The van der Waals surface area contributed by atoms with Gasteiger partial charge in [0.25, 0.3) is 0 Å². The molecular weight excluding hydrogens is 390 g/mol. The van der Waals surface area contributed by atoms with Crippen LogP contribution in [0.5, 0.6) is 5.75 Å². The van der Waals surface area contributed by atoms with E-state index in [1.165, 1.54) is 32.4 Å². The van der Waals surface area contributed by atoms with Crippen LogP contribution in [0.15, 0.2) is 41.3 Å². The van der Waals surface area contributed by atoms with Crippen LogP contribution in [0.3, 0.4) is 0 Å². The fraction of sp³-hybridized carbons (Fsp3) is 0.188. The lowest BCUT2D eigenvalue weighted by Crippen LogP contribution is -2.35. The van der Waals surface area contributed by atoms with Gasteiger partial charge in [-0.05, 0) is 30.3 Å². The number of nitrogens with one attached hydrogen (secondary N) is 1. The molecular formula is C16H15ClF2N2O4S. The third-order valence-corrected chi connectivity index (χ3v) is 5.50. The maximum Gasteiger partial charge on any atom is 0.243 e. The summed E-state index contributed by atoms with van der Waals surface area (Å²) in [5.41, 5.74) is -0.255. The van der Waals surface area contributed by atoms with E-state index < -0.39 is 34.1 Å². The van der Waals surface area contributed by atoms with Crippen LogP contribution in [0, 0.1) is 11.6 Å². The molecule has 0 radical (unpaired) electrons. The maximum atomic E-state index is 13.5. The molecule has 0 atom stereocenters. The first kappa shape index (κ1) is 20.1. The Balaban J connectivity index is 2.13. The molecule has 1 amide bonds. The molecule has 26 heavy (non-hydrogen) atoms. The molecule has 0 aliphatic carbocycles. The maximum absolute atomic E-state index is 13.5. The number of hydrogen-bond acceptors (Lipinski definition) is 4. The highest BCUT2D eigenvalue weighted by Crippen LogP contribution is 2.28. The summed E-state index contributed by atoms with van der Waals surface area (Å²) in [6.07, 6.45) is 0. The minimum Gasteiger partial charge on any atom is -0.495 e. The van der Waals surface area contributed by atoms with Crippen molar-refractivity contribution in [3.05, 3.63) is 53.1 Å². The van der Waals surface area contributed by atoms with E-state index in [0.29, 0.717) is 11.8 Å². The summed E-state index contributed by atoms with van der Waals surface area (Å²) >= 11 is 5.92. The number of sulfonamides is 1. The van der Waals surface area contributed by atoms with Crippen LogP contribution in [-0.2, 0) is 14.8 Å². The number of ether oxygens (including phenoxy) is 1. The molecule has 0 aliphatic rings. The van der Waals surface area contributed by atoms with Crippen molar-refractivity contribution in [1.82, 2.24) is 4.31 Å². The van der Waals surface area contributed by atoms with Crippen LogP contribution in [0.2, 0.25) is 5.02 Å². The number of carbonyl (C=O) groups excluding carboxylic acids is 1. The number of carbonyl (C=O) groups is 1. The molecule has 0 spiro atoms. The monoisotopic (exact) mass is 404 g/mol. The summed E-state index contributed by atoms with van der Waals surface area (Å²) in [5, 5.41) is 2.29. The van der Waals surface area contributed by atoms with Crippen molar-refractivity contribution >= 4 is 33.2 Å². The largest absolute Gasteiger partial charge is 0.495 e. The molecule has 10 heteroatoms. The summed E-state index contributed by atoms with van der Waals surface area (Å²) < 4.78 is 57.2. The van der Waals surface area contributed by atoms with Gasteiger partial charge in [-0.1, -0.05) is 11.6 Å². The van der Waals surface area contributed by atoms with Gasteiger partial charge in [0, 0.05) is 13.1 Å². The number of rotatable bonds is 6. The zero-order valence-electron chi connectivity index (χ0n) is 13.8. The molecule has 0 saturated heterocycles. The van der Waals surface area contributed by atoms with Crippen LogP contribution in [-0.4, -0.2) is 39.3 Å². The van der Waals surface area contributed by atoms with E-state index in [9.17, 15) is 22.0 Å². The number of methoxy groups -OCH3 is 1. The number of amides is 1. The zero-order valence-corrected chi connectivity index (χ0v) is 15.4. The number of nitrogens with zero attached hydrogens (tertiary/aromatic N) is 1. The fourth-order valence-electron chi connectivity index (χ4n) is 2.06. The Bertz CT molecular complexity index is 938. The third-order valence-electron chi connectivity index (χ3n) is 3.40. The van der Waals surface area contributed by atoms with Gasteiger partial charge < -0.3 is 10.1 Å². The van der Waals surface area contributed by atoms with Gasteiger partial charge in [-0.3, -0.25) is 4.79 Å². The van der Waals surface area contributed by atoms with Gasteiger partial charge in [0.2, 0.25) is 15.9 Å². The highest BCUT2D eigenvalue weighted by molar-refractivity contribution is 7.89. The Morgan fingerprint density at radius 3 is 2.50 bits per heavy atom. The predicted molar refractivity (Wildman–Crippen MR) is 92.8 cm³/mol. The smallest absolute Gasteiger partial charge is 0.243 e. The van der Waals surface area contributed by atoms with Crippen molar-refractivity contribution in [2.75, 3.05) is 26.0 Å². The fourth-order valence-corrected chi connectivity index (χ4v) is 3.53. The van der Waals surface area contributed by atoms with Gasteiger partial charge in [0.05, 0.1) is 29.3 Å². The van der Waals surface area contributed by atoms with Crippen LogP contribution >= 0.6 is 11.6 Å². The molecule has 0 aromatic heterocycles. The summed E-state index contributed by atoms with van der Waals surface area (Å²) in [5.74, 6) is -2.25. The van der Waals surface area contributed by atoms with Gasteiger partial charge in [-0.15, -0.1) is 0 Å². The van der Waals surface area contributed by atoms with E-state index in [1.807, 2.05) is 0 Å². The van der Waals surface area contributed by atoms with Crippen LogP contribution in [0.4, 0.5) is 14.5 Å². The van der Waals surface area contributed by atoms with Crippen molar-refractivity contribution in [3.8, 4) is 5.75 Å². The van der Waals surface area contributed by atoms with Crippen LogP contribution in [0.1, 0.15) is 0 Å². The normalized spacial score (nSPS) is 11.5.